The fourth-order valence-corrected chi connectivity index (χ4v) is 2.57. The third kappa shape index (κ3) is 3.87. The number of nitrogens with zero attached hydrogens (tertiary/aromatic N) is 5. The number of ether oxygens (including phenoxy) is 1. The van der Waals surface area contributed by atoms with Crippen molar-refractivity contribution in [3.05, 3.63) is 35.2 Å². The number of aryl methyl sites for hydroxylation is 1. The minimum absolute atomic E-state index is 0.0289. The summed E-state index contributed by atoms with van der Waals surface area (Å²) in [6, 6.07) is 3.66. The number of hydrogen-bond acceptors (Lipinski definition) is 6. The van der Waals surface area contributed by atoms with Crippen LogP contribution in [0.1, 0.15) is 40.4 Å². The molecule has 0 bridgehead atoms. The standard InChI is InChI=1S/C16H19N5O3/c1-11-7-13(12(2)21(11)6-4-5-16(23)24-3)14(22)9-20-10-18-15(8-17)19-20/h7,10H,4-6,9H2,1-3H3. The molecule has 0 aliphatic heterocycles. The van der Waals surface area contributed by atoms with E-state index in [-0.39, 0.29) is 24.1 Å². The number of carbonyl (C=O) groups is 2. The summed E-state index contributed by atoms with van der Waals surface area (Å²) in [4.78, 5) is 27.4. The molecule has 0 spiro atoms. The van der Waals surface area contributed by atoms with Crippen molar-refractivity contribution in [2.24, 2.45) is 0 Å². The molecule has 2 aromatic heterocycles. The van der Waals surface area contributed by atoms with Gasteiger partial charge in [0.2, 0.25) is 0 Å². The van der Waals surface area contributed by atoms with Crippen LogP contribution in [0.5, 0.6) is 0 Å². The zero-order valence-corrected chi connectivity index (χ0v) is 13.9. The molecule has 0 amide bonds. The van der Waals surface area contributed by atoms with Crippen LogP contribution in [0.25, 0.3) is 0 Å². The summed E-state index contributed by atoms with van der Waals surface area (Å²) >= 11 is 0. The number of hydrogen-bond donors (Lipinski definition) is 0. The summed E-state index contributed by atoms with van der Waals surface area (Å²) in [6.45, 7) is 4.47. The quantitative estimate of drug-likeness (QED) is 0.562. The molecule has 0 radical (unpaired) electrons. The first-order chi connectivity index (χ1) is 11.5. The second kappa shape index (κ2) is 7.55. The number of carbonyl (C=O) groups excluding carboxylic acids is 2. The molecule has 0 aromatic carbocycles. The van der Waals surface area contributed by atoms with Gasteiger partial charge in [-0.25, -0.2) is 9.67 Å². The molecular formula is C16H19N5O3. The van der Waals surface area contributed by atoms with Crippen LogP contribution < -0.4 is 0 Å². The van der Waals surface area contributed by atoms with Crippen LogP contribution in [0.3, 0.4) is 0 Å². The van der Waals surface area contributed by atoms with Crippen molar-refractivity contribution < 1.29 is 14.3 Å². The molecule has 2 heterocycles. The molecule has 8 nitrogen and oxygen atoms in total. The second-order valence-corrected chi connectivity index (χ2v) is 5.42. The molecular weight excluding hydrogens is 310 g/mol. The Balaban J connectivity index is 2.08. The van der Waals surface area contributed by atoms with E-state index in [1.807, 2.05) is 30.6 Å². The molecule has 0 saturated heterocycles. The van der Waals surface area contributed by atoms with Gasteiger partial charge in [0, 0.05) is 29.9 Å². The van der Waals surface area contributed by atoms with E-state index in [2.05, 4.69) is 14.8 Å². The normalized spacial score (nSPS) is 10.4. The first kappa shape index (κ1) is 17.4. The molecule has 0 atom stereocenters. The van der Waals surface area contributed by atoms with Gasteiger partial charge >= 0.3 is 5.97 Å². The van der Waals surface area contributed by atoms with Gasteiger partial charge < -0.3 is 9.30 Å². The molecule has 8 heteroatoms. The highest BCUT2D eigenvalue weighted by Gasteiger charge is 2.17. The number of esters is 1. The first-order valence-corrected chi connectivity index (χ1v) is 7.52. The topological polar surface area (TPSA) is 103 Å². The highest BCUT2D eigenvalue weighted by molar-refractivity contribution is 5.97. The van der Waals surface area contributed by atoms with E-state index in [0.29, 0.717) is 24.9 Å². The van der Waals surface area contributed by atoms with Crippen molar-refractivity contribution in [1.29, 1.82) is 5.26 Å². The van der Waals surface area contributed by atoms with Crippen LogP contribution >= 0.6 is 0 Å². The van der Waals surface area contributed by atoms with Crippen molar-refractivity contribution in [1.82, 2.24) is 19.3 Å². The Labute approximate surface area is 139 Å². The van der Waals surface area contributed by atoms with E-state index in [0.717, 1.165) is 11.4 Å². The Kier molecular flexibility index (Phi) is 5.47. The average Bonchev–Trinajstić information content (AvgIpc) is 3.13. The van der Waals surface area contributed by atoms with Crippen LogP contribution in [0.15, 0.2) is 12.4 Å². The highest BCUT2D eigenvalue weighted by atomic mass is 16.5. The van der Waals surface area contributed by atoms with Gasteiger partial charge in [-0.15, -0.1) is 5.10 Å². The molecule has 0 unspecified atom stereocenters. The number of methoxy groups -OCH3 is 1. The van der Waals surface area contributed by atoms with Crippen LogP contribution in [0.2, 0.25) is 0 Å². The second-order valence-electron chi connectivity index (χ2n) is 5.42. The molecule has 0 saturated carbocycles. The van der Waals surface area contributed by atoms with Gasteiger partial charge in [-0.2, -0.15) is 5.26 Å². The van der Waals surface area contributed by atoms with Crippen molar-refractivity contribution in [3.8, 4) is 6.07 Å². The van der Waals surface area contributed by atoms with E-state index in [1.165, 1.54) is 18.1 Å². The number of Topliss-reactive ketones (excluding diaryl/α,β-unsaturated/α-hetero) is 1. The van der Waals surface area contributed by atoms with Crippen LogP contribution in [0.4, 0.5) is 0 Å². The minimum atomic E-state index is -0.242. The Morgan fingerprint density at radius 3 is 2.75 bits per heavy atom. The molecule has 24 heavy (non-hydrogen) atoms. The predicted molar refractivity (Wildman–Crippen MR) is 84.2 cm³/mol. The summed E-state index contributed by atoms with van der Waals surface area (Å²) < 4.78 is 7.99. The molecule has 0 aliphatic carbocycles. The molecule has 126 valence electrons. The van der Waals surface area contributed by atoms with Gasteiger partial charge in [0.15, 0.2) is 5.78 Å². The number of ketones is 1. The Morgan fingerprint density at radius 1 is 1.38 bits per heavy atom. The lowest BCUT2D eigenvalue weighted by Gasteiger charge is -2.09. The number of rotatable bonds is 7. The first-order valence-electron chi connectivity index (χ1n) is 7.52. The summed E-state index contributed by atoms with van der Waals surface area (Å²) in [5.41, 5.74) is 2.42. The fraction of sp³-hybridized carbons (Fsp3) is 0.438. The smallest absolute Gasteiger partial charge is 0.305 e. The summed E-state index contributed by atoms with van der Waals surface area (Å²) in [5, 5.41) is 12.6. The lowest BCUT2D eigenvalue weighted by molar-refractivity contribution is -0.140. The third-order valence-corrected chi connectivity index (χ3v) is 3.81. The zero-order valence-electron chi connectivity index (χ0n) is 13.9. The largest absolute Gasteiger partial charge is 0.469 e. The van der Waals surface area contributed by atoms with Crippen molar-refractivity contribution in [2.75, 3.05) is 7.11 Å². The monoisotopic (exact) mass is 329 g/mol. The predicted octanol–water partition coefficient (Wildman–Crippen LogP) is 1.40. The summed E-state index contributed by atoms with van der Waals surface area (Å²) in [7, 11) is 1.37. The molecule has 2 aromatic rings. The van der Waals surface area contributed by atoms with E-state index in [1.54, 1.807) is 0 Å². The Hall–Kier alpha value is -2.95. The van der Waals surface area contributed by atoms with Gasteiger partial charge in [-0.3, -0.25) is 9.59 Å². The van der Waals surface area contributed by atoms with Crippen LogP contribution in [-0.4, -0.2) is 38.2 Å². The van der Waals surface area contributed by atoms with Crippen molar-refractivity contribution in [3.63, 3.8) is 0 Å². The number of aromatic nitrogens is 4. The van der Waals surface area contributed by atoms with Gasteiger partial charge in [0.25, 0.3) is 5.82 Å². The maximum Gasteiger partial charge on any atom is 0.305 e. The highest BCUT2D eigenvalue weighted by Crippen LogP contribution is 2.17. The van der Waals surface area contributed by atoms with Crippen LogP contribution in [0, 0.1) is 25.2 Å². The Morgan fingerprint density at radius 2 is 2.12 bits per heavy atom. The fourth-order valence-electron chi connectivity index (χ4n) is 2.57. The van der Waals surface area contributed by atoms with Crippen molar-refractivity contribution in [2.45, 2.75) is 39.8 Å². The summed E-state index contributed by atoms with van der Waals surface area (Å²) in [6.07, 6.45) is 2.35. The lowest BCUT2D eigenvalue weighted by Crippen LogP contribution is -2.13. The SMILES string of the molecule is COC(=O)CCCn1c(C)cc(C(=O)Cn2cnc(C#N)n2)c1C. The summed E-state index contributed by atoms with van der Waals surface area (Å²) in [5.74, 6) is -0.305. The van der Waals surface area contributed by atoms with Gasteiger partial charge in [0.1, 0.15) is 18.9 Å². The zero-order chi connectivity index (χ0) is 17.7. The van der Waals surface area contributed by atoms with E-state index in [9.17, 15) is 9.59 Å². The van der Waals surface area contributed by atoms with E-state index in [4.69, 9.17) is 5.26 Å². The van der Waals surface area contributed by atoms with Crippen molar-refractivity contribution >= 4 is 11.8 Å². The number of nitriles is 1. The van der Waals surface area contributed by atoms with Crippen LogP contribution in [-0.2, 0) is 22.6 Å². The Bertz CT molecular complexity index is 797. The van der Waals surface area contributed by atoms with Gasteiger partial charge in [-0.1, -0.05) is 0 Å². The maximum absolute atomic E-state index is 12.5. The lowest BCUT2D eigenvalue weighted by atomic mass is 10.1. The van der Waals surface area contributed by atoms with Gasteiger partial charge in [-0.05, 0) is 26.3 Å². The molecule has 2 rings (SSSR count). The van der Waals surface area contributed by atoms with E-state index >= 15 is 0 Å². The average molecular weight is 329 g/mol. The van der Waals surface area contributed by atoms with Gasteiger partial charge in [0.05, 0.1) is 7.11 Å². The molecule has 0 fully saturated rings. The molecule has 0 aliphatic rings. The maximum atomic E-state index is 12.5. The minimum Gasteiger partial charge on any atom is -0.469 e. The van der Waals surface area contributed by atoms with E-state index < -0.39 is 0 Å². The third-order valence-electron chi connectivity index (χ3n) is 3.81. The molecule has 0 N–H and O–H groups in total.